The van der Waals surface area contributed by atoms with Crippen LogP contribution in [0.15, 0.2) is 46.9 Å². The van der Waals surface area contributed by atoms with Crippen molar-refractivity contribution in [2.24, 2.45) is 0 Å². The molecule has 3 rings (SSSR count). The maximum atomic E-state index is 4.67. The molecule has 0 saturated carbocycles. The van der Waals surface area contributed by atoms with E-state index in [0.29, 0.717) is 0 Å². The van der Waals surface area contributed by atoms with Crippen LogP contribution in [0, 0.1) is 0 Å². The van der Waals surface area contributed by atoms with Crippen molar-refractivity contribution in [1.29, 1.82) is 0 Å². The molecule has 102 valence electrons. The van der Waals surface area contributed by atoms with Gasteiger partial charge in [-0.3, -0.25) is 0 Å². The van der Waals surface area contributed by atoms with Crippen molar-refractivity contribution in [2.45, 2.75) is 26.2 Å². The van der Waals surface area contributed by atoms with Gasteiger partial charge in [0.25, 0.3) is 0 Å². The number of fused-ring (bicyclic) bond motifs is 1. The molecule has 2 nitrogen and oxygen atoms in total. The highest BCUT2D eigenvalue weighted by molar-refractivity contribution is 9.10. The average Bonchev–Trinajstić information content (AvgIpc) is 2.83. The van der Waals surface area contributed by atoms with Crippen molar-refractivity contribution in [3.05, 3.63) is 52.5 Å². The van der Waals surface area contributed by atoms with Gasteiger partial charge >= 0.3 is 0 Å². The molecule has 1 N–H and O–H groups in total. The monoisotopic (exact) mass is 328 g/mol. The summed E-state index contributed by atoms with van der Waals surface area (Å²) in [5.74, 6) is 0.910. The number of imidazole rings is 1. The number of halogens is 1. The van der Waals surface area contributed by atoms with Gasteiger partial charge in [0.15, 0.2) is 0 Å². The molecule has 0 spiro atoms. The van der Waals surface area contributed by atoms with Gasteiger partial charge < -0.3 is 4.98 Å². The molecule has 0 atom stereocenters. The Morgan fingerprint density at radius 1 is 1.00 bits per heavy atom. The van der Waals surface area contributed by atoms with E-state index in [1.165, 1.54) is 5.56 Å². The molecular weight excluding hydrogens is 312 g/mol. The number of nitrogens with zero attached hydrogens (tertiary/aromatic N) is 1. The van der Waals surface area contributed by atoms with Crippen LogP contribution in [0.3, 0.4) is 0 Å². The summed E-state index contributed by atoms with van der Waals surface area (Å²) in [4.78, 5) is 8.04. The van der Waals surface area contributed by atoms with Crippen LogP contribution in [0.25, 0.3) is 22.4 Å². The summed E-state index contributed by atoms with van der Waals surface area (Å²) in [6.07, 6.45) is 0. The lowest BCUT2D eigenvalue weighted by atomic mass is 9.87. The predicted molar refractivity (Wildman–Crippen MR) is 87.9 cm³/mol. The largest absolute Gasteiger partial charge is 0.338 e. The highest BCUT2D eigenvalue weighted by Gasteiger charge is 2.14. The third kappa shape index (κ3) is 2.38. The molecule has 1 aromatic heterocycles. The Balaban J connectivity index is 2.05. The molecule has 3 heteroatoms. The number of nitrogens with one attached hydrogen (secondary N) is 1. The summed E-state index contributed by atoms with van der Waals surface area (Å²) in [5, 5.41) is 0. The fraction of sp³-hybridized carbons (Fsp3) is 0.235. The highest BCUT2D eigenvalue weighted by atomic mass is 79.9. The van der Waals surface area contributed by atoms with E-state index in [-0.39, 0.29) is 5.41 Å². The quantitative estimate of drug-likeness (QED) is 0.646. The number of benzene rings is 2. The zero-order valence-corrected chi connectivity index (χ0v) is 13.5. The summed E-state index contributed by atoms with van der Waals surface area (Å²) in [6, 6.07) is 14.7. The van der Waals surface area contributed by atoms with Crippen LogP contribution in [0.1, 0.15) is 26.3 Å². The summed E-state index contributed by atoms with van der Waals surface area (Å²) >= 11 is 3.54. The van der Waals surface area contributed by atoms with E-state index in [9.17, 15) is 0 Å². The molecule has 0 saturated heterocycles. The minimum atomic E-state index is 0.176. The maximum Gasteiger partial charge on any atom is 0.138 e. The summed E-state index contributed by atoms with van der Waals surface area (Å²) < 4.78 is 1.02. The van der Waals surface area contributed by atoms with Crippen molar-refractivity contribution < 1.29 is 0 Å². The van der Waals surface area contributed by atoms with Crippen molar-refractivity contribution in [3.8, 4) is 11.4 Å². The smallest absolute Gasteiger partial charge is 0.138 e. The molecule has 0 aliphatic rings. The van der Waals surface area contributed by atoms with Crippen LogP contribution in [-0.4, -0.2) is 9.97 Å². The Morgan fingerprint density at radius 3 is 2.30 bits per heavy atom. The molecule has 0 aliphatic carbocycles. The van der Waals surface area contributed by atoms with E-state index in [1.54, 1.807) is 0 Å². The Labute approximate surface area is 127 Å². The van der Waals surface area contributed by atoms with Crippen LogP contribution in [0.2, 0.25) is 0 Å². The maximum absolute atomic E-state index is 4.67. The Bertz CT molecular complexity index is 749. The van der Waals surface area contributed by atoms with Crippen molar-refractivity contribution in [1.82, 2.24) is 9.97 Å². The van der Waals surface area contributed by atoms with E-state index >= 15 is 0 Å². The number of H-pyrrole nitrogens is 1. The van der Waals surface area contributed by atoms with Gasteiger partial charge in [0.05, 0.1) is 5.52 Å². The van der Waals surface area contributed by atoms with Crippen LogP contribution >= 0.6 is 15.9 Å². The number of rotatable bonds is 1. The Morgan fingerprint density at radius 2 is 1.70 bits per heavy atom. The first kappa shape index (κ1) is 13.4. The minimum Gasteiger partial charge on any atom is -0.338 e. The molecule has 0 amide bonds. The van der Waals surface area contributed by atoms with Gasteiger partial charge in [0, 0.05) is 10.0 Å². The van der Waals surface area contributed by atoms with E-state index in [2.05, 4.69) is 70.9 Å². The van der Waals surface area contributed by atoms with Gasteiger partial charge in [-0.2, -0.15) is 0 Å². The molecule has 0 aliphatic heterocycles. The summed E-state index contributed by atoms with van der Waals surface area (Å²) in [6.45, 7) is 6.67. The molecular formula is C17H17BrN2. The lowest BCUT2D eigenvalue weighted by molar-refractivity contribution is 0.590. The fourth-order valence-electron chi connectivity index (χ4n) is 2.26. The summed E-state index contributed by atoms with van der Waals surface area (Å²) in [7, 11) is 0. The molecule has 0 fully saturated rings. The number of hydrogen-bond acceptors (Lipinski definition) is 1. The third-order valence-electron chi connectivity index (χ3n) is 3.49. The Kier molecular flexibility index (Phi) is 3.17. The van der Waals surface area contributed by atoms with Crippen LogP contribution in [0.5, 0.6) is 0 Å². The number of hydrogen-bond donors (Lipinski definition) is 1. The second kappa shape index (κ2) is 4.74. The van der Waals surface area contributed by atoms with Gasteiger partial charge in [-0.15, -0.1) is 0 Å². The molecule has 2 aromatic carbocycles. The lowest BCUT2D eigenvalue weighted by Gasteiger charge is -2.18. The van der Waals surface area contributed by atoms with E-state index < -0.39 is 0 Å². The predicted octanol–water partition coefficient (Wildman–Crippen LogP) is 5.29. The van der Waals surface area contributed by atoms with Gasteiger partial charge in [-0.1, -0.05) is 51.1 Å². The topological polar surface area (TPSA) is 28.7 Å². The Hall–Kier alpha value is -1.61. The molecule has 3 aromatic rings. The summed E-state index contributed by atoms with van der Waals surface area (Å²) in [5.41, 5.74) is 4.64. The SMILES string of the molecule is CC(C)(C)c1ccc(-c2nc3c(Br)cccc3[nH]2)cc1. The molecule has 0 bridgehead atoms. The van der Waals surface area contributed by atoms with Gasteiger partial charge in [-0.25, -0.2) is 4.98 Å². The van der Waals surface area contributed by atoms with Crippen molar-refractivity contribution in [3.63, 3.8) is 0 Å². The van der Waals surface area contributed by atoms with Crippen LogP contribution in [0.4, 0.5) is 0 Å². The second-order valence-electron chi connectivity index (χ2n) is 6.05. The fourth-order valence-corrected chi connectivity index (χ4v) is 2.72. The lowest BCUT2D eigenvalue weighted by Crippen LogP contribution is -2.10. The normalized spacial score (nSPS) is 12.0. The number of aromatic nitrogens is 2. The molecule has 1 heterocycles. The molecule has 0 unspecified atom stereocenters. The van der Waals surface area contributed by atoms with Gasteiger partial charge in [-0.05, 0) is 39.0 Å². The second-order valence-corrected chi connectivity index (χ2v) is 6.90. The molecule has 20 heavy (non-hydrogen) atoms. The average molecular weight is 329 g/mol. The van der Waals surface area contributed by atoms with E-state index in [1.807, 2.05) is 18.2 Å². The van der Waals surface area contributed by atoms with E-state index in [4.69, 9.17) is 0 Å². The standard InChI is InChI=1S/C17H17BrN2/c1-17(2,3)12-9-7-11(8-10-12)16-19-14-6-4-5-13(18)15(14)20-16/h4-10H,1-3H3,(H,19,20). The van der Waals surface area contributed by atoms with Gasteiger partial charge in [0.2, 0.25) is 0 Å². The van der Waals surface area contributed by atoms with Gasteiger partial charge in [0.1, 0.15) is 11.3 Å². The number of para-hydroxylation sites is 1. The first-order chi connectivity index (χ1) is 9.45. The van der Waals surface area contributed by atoms with E-state index in [0.717, 1.165) is 26.9 Å². The van der Waals surface area contributed by atoms with Crippen LogP contribution in [-0.2, 0) is 5.41 Å². The minimum absolute atomic E-state index is 0.176. The zero-order valence-electron chi connectivity index (χ0n) is 11.9. The van der Waals surface area contributed by atoms with Crippen LogP contribution < -0.4 is 0 Å². The first-order valence-electron chi connectivity index (χ1n) is 6.70. The highest BCUT2D eigenvalue weighted by Crippen LogP contribution is 2.28. The molecule has 0 radical (unpaired) electrons. The van der Waals surface area contributed by atoms with Crippen molar-refractivity contribution >= 4 is 27.0 Å². The van der Waals surface area contributed by atoms with Crippen molar-refractivity contribution in [2.75, 3.05) is 0 Å². The third-order valence-corrected chi connectivity index (χ3v) is 4.13. The first-order valence-corrected chi connectivity index (χ1v) is 7.49. The number of aromatic amines is 1. The zero-order chi connectivity index (χ0) is 14.3.